The molecule has 0 spiro atoms. The van der Waals surface area contributed by atoms with Gasteiger partial charge in [0.05, 0.1) is 0 Å². The van der Waals surface area contributed by atoms with E-state index in [4.69, 9.17) is 0 Å². The van der Waals surface area contributed by atoms with E-state index in [1.54, 1.807) is 6.07 Å². The van der Waals surface area contributed by atoms with Gasteiger partial charge in [0, 0.05) is 34.8 Å². The van der Waals surface area contributed by atoms with Crippen molar-refractivity contribution in [1.82, 2.24) is 5.32 Å². The largest absolute Gasteiger partial charge is 0.365 e. The second-order valence-electron chi connectivity index (χ2n) is 7.11. The van der Waals surface area contributed by atoms with E-state index in [-0.39, 0.29) is 22.2 Å². The Morgan fingerprint density at radius 1 is 1.26 bits per heavy atom. The monoisotopic (exact) mass is 344 g/mol. The van der Waals surface area contributed by atoms with Crippen LogP contribution in [0.1, 0.15) is 39.5 Å². The van der Waals surface area contributed by atoms with Crippen molar-refractivity contribution in [2.75, 3.05) is 11.4 Å². The molecule has 1 aliphatic carbocycles. The van der Waals surface area contributed by atoms with Crippen LogP contribution in [0.25, 0.3) is 0 Å². The molecule has 2 nitrogen and oxygen atoms in total. The summed E-state index contributed by atoms with van der Waals surface area (Å²) in [4.78, 5) is 2.28. The molecule has 2 atom stereocenters. The van der Waals surface area contributed by atoms with Crippen LogP contribution in [0, 0.1) is 5.82 Å². The van der Waals surface area contributed by atoms with Gasteiger partial charge in [0.25, 0.3) is 5.76 Å². The van der Waals surface area contributed by atoms with Crippen molar-refractivity contribution < 1.29 is 13.2 Å². The van der Waals surface area contributed by atoms with Gasteiger partial charge in [-0.05, 0) is 44.9 Å². The number of anilines is 1. The summed E-state index contributed by atoms with van der Waals surface area (Å²) in [5.41, 5.74) is 0.748. The molecular formula is C17H23F3N2S. The SMILES string of the molecule is CC1(C)CN(c2ccc(SC(F)F)c(F)c2)[C@@H]2CCCC[C@H]2N1. The second-order valence-corrected chi connectivity index (χ2v) is 8.14. The first-order valence-corrected chi connectivity index (χ1v) is 9.02. The molecule has 1 heterocycles. The average Bonchev–Trinajstić information content (AvgIpc) is 2.47. The lowest BCUT2D eigenvalue weighted by Gasteiger charge is -2.52. The minimum absolute atomic E-state index is 0.0124. The molecule has 1 aromatic rings. The van der Waals surface area contributed by atoms with E-state index in [0.717, 1.165) is 25.1 Å². The maximum atomic E-state index is 14.2. The number of rotatable bonds is 3. The summed E-state index contributed by atoms with van der Waals surface area (Å²) >= 11 is 0.264. The number of fused-ring (bicyclic) bond motifs is 1. The number of halogens is 3. The minimum Gasteiger partial charge on any atom is -0.365 e. The first-order valence-electron chi connectivity index (χ1n) is 8.14. The van der Waals surface area contributed by atoms with Gasteiger partial charge < -0.3 is 10.2 Å². The molecule has 0 unspecified atom stereocenters. The van der Waals surface area contributed by atoms with Gasteiger partial charge in [-0.15, -0.1) is 0 Å². The standard InChI is InChI=1S/C17H23F3N2S/c1-17(2)10-22(14-6-4-3-5-13(14)21-17)11-7-8-15(12(18)9-11)23-16(19)20/h7-9,13-14,16,21H,3-6,10H2,1-2H3/t13-,14-/m1/s1. The normalized spacial score (nSPS) is 27.1. The summed E-state index contributed by atoms with van der Waals surface area (Å²) in [6.45, 7) is 5.10. The molecule has 1 saturated heterocycles. The maximum absolute atomic E-state index is 14.2. The summed E-state index contributed by atoms with van der Waals surface area (Å²) < 4.78 is 39.1. The van der Waals surface area contributed by atoms with Crippen LogP contribution >= 0.6 is 11.8 Å². The van der Waals surface area contributed by atoms with Crippen molar-refractivity contribution in [2.24, 2.45) is 0 Å². The van der Waals surface area contributed by atoms with E-state index in [0.29, 0.717) is 12.1 Å². The fourth-order valence-electron chi connectivity index (χ4n) is 3.89. The molecule has 3 rings (SSSR count). The van der Waals surface area contributed by atoms with E-state index < -0.39 is 11.6 Å². The number of alkyl halides is 2. The summed E-state index contributed by atoms with van der Waals surface area (Å²) in [5, 5.41) is 3.71. The predicted molar refractivity (Wildman–Crippen MR) is 88.9 cm³/mol. The highest BCUT2D eigenvalue weighted by Crippen LogP contribution is 2.36. The van der Waals surface area contributed by atoms with Gasteiger partial charge in [0.2, 0.25) is 0 Å². The molecule has 0 bridgehead atoms. The molecule has 0 aromatic heterocycles. The molecular weight excluding hydrogens is 321 g/mol. The van der Waals surface area contributed by atoms with Crippen molar-refractivity contribution in [2.45, 2.75) is 67.8 Å². The smallest absolute Gasteiger partial charge is 0.289 e. The van der Waals surface area contributed by atoms with Crippen molar-refractivity contribution >= 4 is 17.4 Å². The van der Waals surface area contributed by atoms with Gasteiger partial charge in [0.15, 0.2) is 0 Å². The Balaban J connectivity index is 1.87. The van der Waals surface area contributed by atoms with Crippen LogP contribution < -0.4 is 10.2 Å². The van der Waals surface area contributed by atoms with Gasteiger partial charge >= 0.3 is 0 Å². The zero-order chi connectivity index (χ0) is 16.6. The van der Waals surface area contributed by atoms with Gasteiger partial charge in [-0.25, -0.2) is 4.39 Å². The number of nitrogens with one attached hydrogen (secondary N) is 1. The third kappa shape index (κ3) is 3.79. The van der Waals surface area contributed by atoms with E-state index in [2.05, 4.69) is 24.1 Å². The quantitative estimate of drug-likeness (QED) is 0.804. The molecule has 1 saturated carbocycles. The van der Waals surface area contributed by atoms with Gasteiger partial charge in [-0.1, -0.05) is 24.6 Å². The third-order valence-corrected chi connectivity index (χ3v) is 5.50. The molecule has 0 amide bonds. The molecule has 1 aliphatic heterocycles. The van der Waals surface area contributed by atoms with Gasteiger partial charge in [-0.3, -0.25) is 0 Å². The number of hydrogen-bond donors (Lipinski definition) is 1. The van der Waals surface area contributed by atoms with Crippen LogP contribution in [0.2, 0.25) is 0 Å². The molecule has 2 aliphatic rings. The molecule has 1 aromatic carbocycles. The number of thioether (sulfide) groups is 1. The van der Waals surface area contributed by atoms with Crippen LogP contribution in [0.15, 0.2) is 23.1 Å². The van der Waals surface area contributed by atoms with E-state index >= 15 is 0 Å². The average molecular weight is 344 g/mol. The van der Waals surface area contributed by atoms with Crippen LogP contribution in [-0.2, 0) is 0 Å². The minimum atomic E-state index is -2.60. The highest BCUT2D eigenvalue weighted by Gasteiger charge is 2.40. The number of hydrogen-bond acceptors (Lipinski definition) is 3. The first-order chi connectivity index (χ1) is 10.9. The Kier molecular flexibility index (Phi) is 4.83. The first kappa shape index (κ1) is 17.0. The van der Waals surface area contributed by atoms with E-state index in [1.165, 1.54) is 25.0 Å². The lowest BCUT2D eigenvalue weighted by Crippen LogP contribution is -2.67. The number of benzene rings is 1. The zero-order valence-corrected chi connectivity index (χ0v) is 14.3. The molecule has 0 radical (unpaired) electrons. The Hall–Kier alpha value is -0.880. The Morgan fingerprint density at radius 2 is 2.00 bits per heavy atom. The van der Waals surface area contributed by atoms with E-state index in [1.807, 2.05) is 0 Å². The van der Waals surface area contributed by atoms with Crippen LogP contribution in [0.3, 0.4) is 0 Å². The molecule has 2 fully saturated rings. The molecule has 6 heteroatoms. The van der Waals surface area contributed by atoms with E-state index in [9.17, 15) is 13.2 Å². The second kappa shape index (κ2) is 6.55. The number of nitrogens with zero attached hydrogens (tertiary/aromatic N) is 1. The van der Waals surface area contributed by atoms with Crippen LogP contribution in [0.4, 0.5) is 18.9 Å². The predicted octanol–water partition coefficient (Wildman–Crippen LogP) is 4.64. The van der Waals surface area contributed by atoms with Crippen molar-refractivity contribution in [1.29, 1.82) is 0 Å². The summed E-state index contributed by atoms with van der Waals surface area (Å²) in [5.74, 6) is -3.16. The zero-order valence-electron chi connectivity index (χ0n) is 13.5. The molecule has 23 heavy (non-hydrogen) atoms. The van der Waals surface area contributed by atoms with Crippen molar-refractivity contribution in [3.05, 3.63) is 24.0 Å². The lowest BCUT2D eigenvalue weighted by atomic mass is 9.83. The topological polar surface area (TPSA) is 15.3 Å². The highest BCUT2D eigenvalue weighted by atomic mass is 32.2. The highest BCUT2D eigenvalue weighted by molar-refractivity contribution is 7.99. The van der Waals surface area contributed by atoms with Gasteiger partial charge in [0.1, 0.15) is 5.82 Å². The van der Waals surface area contributed by atoms with Crippen LogP contribution in [-0.4, -0.2) is 29.9 Å². The summed E-state index contributed by atoms with van der Waals surface area (Å²) in [6, 6.07) is 5.43. The lowest BCUT2D eigenvalue weighted by molar-refractivity contribution is 0.199. The number of piperazine rings is 1. The fourth-order valence-corrected chi connectivity index (χ4v) is 4.40. The molecule has 128 valence electrons. The Morgan fingerprint density at radius 3 is 2.70 bits per heavy atom. The van der Waals surface area contributed by atoms with Crippen molar-refractivity contribution in [3.8, 4) is 0 Å². The maximum Gasteiger partial charge on any atom is 0.289 e. The summed E-state index contributed by atoms with van der Waals surface area (Å²) in [6.07, 6.45) is 4.62. The Labute approximate surface area is 139 Å². The van der Waals surface area contributed by atoms with Crippen LogP contribution in [0.5, 0.6) is 0 Å². The van der Waals surface area contributed by atoms with Gasteiger partial charge in [-0.2, -0.15) is 8.78 Å². The van der Waals surface area contributed by atoms with Crippen molar-refractivity contribution in [3.63, 3.8) is 0 Å². The molecule has 1 N–H and O–H groups in total. The summed E-state index contributed by atoms with van der Waals surface area (Å²) in [7, 11) is 0. The Bertz CT molecular complexity index is 565. The fraction of sp³-hybridized carbons (Fsp3) is 0.647. The third-order valence-electron chi connectivity index (χ3n) is 4.73.